The minimum absolute atomic E-state index is 0.111. The number of alkyl halides is 3. The summed E-state index contributed by atoms with van der Waals surface area (Å²) in [7, 11) is 4.88. The molecule has 0 saturated heterocycles. The van der Waals surface area contributed by atoms with Crippen molar-refractivity contribution in [1.82, 2.24) is 19.6 Å². The summed E-state index contributed by atoms with van der Waals surface area (Å²) in [5.74, 6) is 0.802. The summed E-state index contributed by atoms with van der Waals surface area (Å²) in [6.45, 7) is 6.32. The molecule has 4 rings (SSSR count). The van der Waals surface area contributed by atoms with Gasteiger partial charge in [-0.25, -0.2) is 0 Å². The zero-order valence-corrected chi connectivity index (χ0v) is 18.5. The van der Waals surface area contributed by atoms with Gasteiger partial charge in [-0.15, -0.1) is 0 Å². The molecular formula is C22H26F3N5O. The van der Waals surface area contributed by atoms with Crippen molar-refractivity contribution in [2.75, 3.05) is 18.6 Å². The highest BCUT2D eigenvalue weighted by atomic mass is 19.4. The number of hydrogen-bond donors (Lipinski definition) is 0. The van der Waals surface area contributed by atoms with Gasteiger partial charge in [-0.05, 0) is 38.8 Å². The van der Waals surface area contributed by atoms with E-state index >= 15 is 0 Å². The number of rotatable bonds is 3. The molecule has 1 aliphatic rings. The highest BCUT2D eigenvalue weighted by molar-refractivity contribution is 5.72. The normalized spacial score (nSPS) is 16.5. The van der Waals surface area contributed by atoms with Gasteiger partial charge in [-0.3, -0.25) is 9.36 Å². The Bertz CT molecular complexity index is 1150. The van der Waals surface area contributed by atoms with E-state index < -0.39 is 11.9 Å². The van der Waals surface area contributed by atoms with Crippen LogP contribution < -0.4 is 9.64 Å². The Kier molecular flexibility index (Phi) is 5.02. The summed E-state index contributed by atoms with van der Waals surface area (Å²) in [4.78, 5) is 2.20. The first-order chi connectivity index (χ1) is 14.6. The fraction of sp³-hybridized carbons (Fsp3) is 0.455. The Balaban J connectivity index is 1.85. The molecule has 0 radical (unpaired) electrons. The van der Waals surface area contributed by atoms with Gasteiger partial charge in [0.15, 0.2) is 5.69 Å². The Morgan fingerprint density at radius 1 is 1.10 bits per heavy atom. The Morgan fingerprint density at radius 2 is 1.81 bits per heavy atom. The van der Waals surface area contributed by atoms with E-state index in [0.29, 0.717) is 24.4 Å². The third-order valence-electron chi connectivity index (χ3n) is 6.19. The number of anilines is 1. The topological polar surface area (TPSA) is 48.1 Å². The zero-order valence-electron chi connectivity index (χ0n) is 18.5. The summed E-state index contributed by atoms with van der Waals surface area (Å²) in [5.41, 5.74) is 3.82. The highest BCUT2D eigenvalue weighted by Gasteiger charge is 2.41. The molecule has 0 fully saturated rings. The average molecular weight is 433 g/mol. The zero-order chi connectivity index (χ0) is 22.7. The van der Waals surface area contributed by atoms with Gasteiger partial charge in [-0.2, -0.15) is 23.4 Å². The quantitative estimate of drug-likeness (QED) is 0.606. The SMILES string of the molecule is COc1c(C)cccc1N1CCc2c(nn(C)c2-c2c(C(F)(F)F)nn(C)c2C)[C@@H]1C. The Hall–Kier alpha value is -2.97. The van der Waals surface area contributed by atoms with E-state index in [2.05, 4.69) is 15.1 Å². The van der Waals surface area contributed by atoms with Gasteiger partial charge in [0.1, 0.15) is 5.75 Å². The maximum atomic E-state index is 13.8. The summed E-state index contributed by atoms with van der Waals surface area (Å²) in [6, 6.07) is 5.86. The number of hydrogen-bond acceptors (Lipinski definition) is 4. The lowest BCUT2D eigenvalue weighted by molar-refractivity contribution is -0.141. The molecule has 31 heavy (non-hydrogen) atoms. The molecule has 1 atom stereocenters. The van der Waals surface area contributed by atoms with Gasteiger partial charge in [0, 0.05) is 31.9 Å². The van der Waals surface area contributed by atoms with Crippen molar-refractivity contribution in [3.8, 4) is 17.0 Å². The van der Waals surface area contributed by atoms with Crippen LogP contribution in [-0.2, 0) is 26.7 Å². The second-order valence-corrected chi connectivity index (χ2v) is 8.01. The van der Waals surface area contributed by atoms with Crippen molar-refractivity contribution in [2.24, 2.45) is 14.1 Å². The number of para-hydroxylation sites is 1. The lowest BCUT2D eigenvalue weighted by Crippen LogP contribution is -2.34. The van der Waals surface area contributed by atoms with Crippen molar-refractivity contribution < 1.29 is 17.9 Å². The number of fused-ring (bicyclic) bond motifs is 1. The lowest BCUT2D eigenvalue weighted by atomic mass is 9.94. The van der Waals surface area contributed by atoms with E-state index in [1.165, 1.54) is 11.7 Å². The number of ether oxygens (including phenoxy) is 1. The first kappa shape index (κ1) is 21.3. The number of halogens is 3. The molecule has 0 unspecified atom stereocenters. The third kappa shape index (κ3) is 3.26. The number of aryl methyl sites for hydroxylation is 3. The van der Waals surface area contributed by atoms with Crippen LogP contribution in [-0.4, -0.2) is 33.2 Å². The van der Waals surface area contributed by atoms with Gasteiger partial charge in [0.25, 0.3) is 0 Å². The van der Waals surface area contributed by atoms with Crippen LogP contribution in [0.2, 0.25) is 0 Å². The van der Waals surface area contributed by atoms with Crippen LogP contribution in [0.1, 0.15) is 41.2 Å². The van der Waals surface area contributed by atoms with Crippen LogP contribution >= 0.6 is 0 Å². The fourth-order valence-corrected chi connectivity index (χ4v) is 4.60. The van der Waals surface area contributed by atoms with E-state index in [1.807, 2.05) is 32.0 Å². The predicted octanol–water partition coefficient (Wildman–Crippen LogP) is 4.59. The molecule has 3 aromatic rings. The second kappa shape index (κ2) is 7.32. The van der Waals surface area contributed by atoms with Crippen LogP contribution in [0.25, 0.3) is 11.3 Å². The minimum Gasteiger partial charge on any atom is -0.494 e. The highest BCUT2D eigenvalue weighted by Crippen LogP contribution is 2.44. The van der Waals surface area contributed by atoms with Crippen LogP contribution in [0.3, 0.4) is 0 Å². The standard InChI is InChI=1S/C22H26F3N5O/c1-12-8-7-9-16(20(12)31-6)30-11-10-15-18(14(30)3)26-29(5)19(15)17-13(2)28(4)27-21(17)22(23,24)25/h7-9,14H,10-11H2,1-6H3/t14-/m0/s1. The Morgan fingerprint density at radius 3 is 2.45 bits per heavy atom. The van der Waals surface area contributed by atoms with Crippen molar-refractivity contribution in [1.29, 1.82) is 0 Å². The number of methoxy groups -OCH3 is 1. The summed E-state index contributed by atoms with van der Waals surface area (Å²) >= 11 is 0. The van der Waals surface area contributed by atoms with Gasteiger partial charge < -0.3 is 9.64 Å². The molecule has 0 bridgehead atoms. The summed E-state index contributed by atoms with van der Waals surface area (Å²) < 4.78 is 49.7. The van der Waals surface area contributed by atoms with Gasteiger partial charge in [-0.1, -0.05) is 12.1 Å². The van der Waals surface area contributed by atoms with Crippen LogP contribution in [0, 0.1) is 13.8 Å². The van der Waals surface area contributed by atoms with Gasteiger partial charge in [0.05, 0.1) is 35.8 Å². The predicted molar refractivity (Wildman–Crippen MR) is 112 cm³/mol. The molecule has 9 heteroatoms. The van der Waals surface area contributed by atoms with Crippen molar-refractivity contribution in [3.63, 3.8) is 0 Å². The lowest BCUT2D eigenvalue weighted by Gasteiger charge is -2.36. The minimum atomic E-state index is -4.54. The molecule has 1 aromatic carbocycles. The van der Waals surface area contributed by atoms with E-state index in [1.54, 1.807) is 25.8 Å². The van der Waals surface area contributed by atoms with Gasteiger partial charge >= 0.3 is 6.18 Å². The van der Waals surface area contributed by atoms with Gasteiger partial charge in [0.2, 0.25) is 0 Å². The Labute approximate surface area is 179 Å². The molecule has 2 aromatic heterocycles. The smallest absolute Gasteiger partial charge is 0.435 e. The first-order valence-electron chi connectivity index (χ1n) is 10.1. The average Bonchev–Trinajstić information content (AvgIpc) is 3.18. The van der Waals surface area contributed by atoms with Crippen molar-refractivity contribution in [2.45, 2.75) is 39.4 Å². The van der Waals surface area contributed by atoms with Crippen LogP contribution in [0.15, 0.2) is 18.2 Å². The first-order valence-corrected chi connectivity index (χ1v) is 10.1. The maximum absolute atomic E-state index is 13.8. The molecule has 6 nitrogen and oxygen atoms in total. The summed E-state index contributed by atoms with van der Waals surface area (Å²) in [5, 5.41) is 8.43. The molecular weight excluding hydrogens is 407 g/mol. The molecule has 0 aliphatic carbocycles. The number of aromatic nitrogens is 4. The van der Waals surface area contributed by atoms with E-state index in [0.717, 1.165) is 28.3 Å². The third-order valence-corrected chi connectivity index (χ3v) is 6.19. The largest absolute Gasteiger partial charge is 0.494 e. The van der Waals surface area contributed by atoms with Crippen molar-refractivity contribution in [3.05, 3.63) is 46.4 Å². The molecule has 0 amide bonds. The molecule has 0 saturated carbocycles. The fourth-order valence-electron chi connectivity index (χ4n) is 4.60. The van der Waals surface area contributed by atoms with E-state index in [-0.39, 0.29) is 11.6 Å². The number of benzene rings is 1. The van der Waals surface area contributed by atoms with Crippen LogP contribution in [0.5, 0.6) is 5.75 Å². The molecule has 0 N–H and O–H groups in total. The maximum Gasteiger partial charge on any atom is 0.435 e. The van der Waals surface area contributed by atoms with E-state index in [4.69, 9.17) is 4.74 Å². The second-order valence-electron chi connectivity index (χ2n) is 8.01. The molecule has 0 spiro atoms. The molecule has 3 heterocycles. The number of nitrogens with zero attached hydrogens (tertiary/aromatic N) is 5. The molecule has 166 valence electrons. The molecule has 1 aliphatic heterocycles. The van der Waals surface area contributed by atoms with Crippen LogP contribution in [0.4, 0.5) is 18.9 Å². The van der Waals surface area contributed by atoms with Crippen molar-refractivity contribution >= 4 is 5.69 Å². The summed E-state index contributed by atoms with van der Waals surface area (Å²) in [6.07, 6.45) is -3.97. The van der Waals surface area contributed by atoms with E-state index in [9.17, 15) is 13.2 Å². The monoisotopic (exact) mass is 433 g/mol.